The number of hydrogen-bond donors (Lipinski definition) is 3. The Balaban J connectivity index is 1.75. The number of aryl methyl sites for hydroxylation is 1. The summed E-state index contributed by atoms with van der Waals surface area (Å²) >= 11 is 0. The summed E-state index contributed by atoms with van der Waals surface area (Å²) in [6, 6.07) is 8.55. The summed E-state index contributed by atoms with van der Waals surface area (Å²) in [5.41, 5.74) is 1.02. The molecule has 0 saturated carbocycles. The van der Waals surface area contributed by atoms with Gasteiger partial charge in [-0.3, -0.25) is 9.59 Å². The van der Waals surface area contributed by atoms with Gasteiger partial charge in [0.1, 0.15) is 6.04 Å². The Kier molecular flexibility index (Phi) is 7.63. The van der Waals surface area contributed by atoms with Gasteiger partial charge in [0.2, 0.25) is 17.6 Å². The van der Waals surface area contributed by atoms with Crippen LogP contribution in [0.4, 0.5) is 0 Å². The van der Waals surface area contributed by atoms with Crippen LogP contribution in [-0.4, -0.2) is 74.0 Å². The Hall–Kier alpha value is -1.96. The monoisotopic (exact) mass is 446 g/mol. The molecule has 1 aromatic rings. The Bertz CT molecular complexity index is 789. The van der Waals surface area contributed by atoms with Crippen molar-refractivity contribution < 1.29 is 24.9 Å². The average Bonchev–Trinajstić information content (AvgIpc) is 3.41. The fourth-order valence-corrected chi connectivity index (χ4v) is 5.28. The van der Waals surface area contributed by atoms with Gasteiger partial charge < -0.3 is 25.1 Å². The second-order valence-corrected chi connectivity index (χ2v) is 10.3. The van der Waals surface area contributed by atoms with Crippen molar-refractivity contribution in [2.24, 2.45) is 5.41 Å². The summed E-state index contributed by atoms with van der Waals surface area (Å²) in [5.74, 6) is -2.59. The topological polar surface area (TPSA) is 101 Å². The van der Waals surface area contributed by atoms with Crippen LogP contribution >= 0.6 is 0 Å². The maximum Gasteiger partial charge on any atom is 0.245 e. The second kappa shape index (κ2) is 9.89. The first-order chi connectivity index (χ1) is 15.1. The van der Waals surface area contributed by atoms with Crippen LogP contribution in [0.15, 0.2) is 30.3 Å². The van der Waals surface area contributed by atoms with Gasteiger partial charge in [-0.05, 0) is 49.5 Å². The lowest BCUT2D eigenvalue weighted by Gasteiger charge is -2.40. The zero-order valence-electron chi connectivity index (χ0n) is 19.5. The molecule has 32 heavy (non-hydrogen) atoms. The highest BCUT2D eigenvalue weighted by atomic mass is 16.5. The summed E-state index contributed by atoms with van der Waals surface area (Å²) in [6.45, 7) is 5.83. The van der Waals surface area contributed by atoms with Gasteiger partial charge in [0, 0.05) is 19.0 Å². The van der Waals surface area contributed by atoms with Gasteiger partial charge in [0.05, 0.1) is 12.6 Å². The van der Waals surface area contributed by atoms with E-state index in [1.54, 1.807) is 4.90 Å². The van der Waals surface area contributed by atoms with E-state index < -0.39 is 24.5 Å². The van der Waals surface area contributed by atoms with E-state index in [1.807, 2.05) is 18.2 Å². The first-order valence-electron chi connectivity index (χ1n) is 11.8. The van der Waals surface area contributed by atoms with Crippen LogP contribution in [0, 0.1) is 5.41 Å². The minimum Gasteiger partial charge on any atom is -0.391 e. The molecule has 3 N–H and O–H groups in total. The van der Waals surface area contributed by atoms with Crippen LogP contribution in [0.3, 0.4) is 0 Å². The lowest BCUT2D eigenvalue weighted by atomic mass is 9.85. The standard InChI is InChI=1S/C25H38N2O5/c1-24(2,3)20-15-14-19(23(30)26-16-8-12-21(26)25(31,32)17-28)27(20)22(29)13-7-11-18-9-5-4-6-10-18/h4-6,9-10,19-21,28,31-32H,7-8,11-17H2,1-3H3/t19-,20+,21-/m0/s1. The molecule has 2 fully saturated rings. The number of aliphatic hydroxyl groups is 3. The number of amides is 2. The molecule has 2 amide bonds. The number of hydrogen-bond acceptors (Lipinski definition) is 5. The van der Waals surface area contributed by atoms with Gasteiger partial charge >= 0.3 is 0 Å². The molecule has 7 heteroatoms. The van der Waals surface area contributed by atoms with E-state index in [0.717, 1.165) is 12.8 Å². The third-order valence-corrected chi connectivity index (χ3v) is 6.96. The molecule has 0 spiro atoms. The van der Waals surface area contributed by atoms with Crippen molar-refractivity contribution in [3.63, 3.8) is 0 Å². The van der Waals surface area contributed by atoms with E-state index in [4.69, 9.17) is 0 Å². The predicted molar refractivity (Wildman–Crippen MR) is 121 cm³/mol. The maximum atomic E-state index is 13.5. The van der Waals surface area contributed by atoms with E-state index in [2.05, 4.69) is 32.9 Å². The quantitative estimate of drug-likeness (QED) is 0.557. The molecular weight excluding hydrogens is 408 g/mol. The third kappa shape index (κ3) is 5.33. The van der Waals surface area contributed by atoms with Gasteiger partial charge in [-0.25, -0.2) is 0 Å². The van der Waals surface area contributed by atoms with E-state index in [-0.39, 0.29) is 23.3 Å². The molecule has 2 saturated heterocycles. The van der Waals surface area contributed by atoms with E-state index in [1.165, 1.54) is 10.5 Å². The summed E-state index contributed by atoms with van der Waals surface area (Å²) in [5, 5.41) is 29.8. The van der Waals surface area contributed by atoms with Crippen molar-refractivity contribution in [3.05, 3.63) is 35.9 Å². The second-order valence-electron chi connectivity index (χ2n) is 10.3. The van der Waals surface area contributed by atoms with Crippen molar-refractivity contribution >= 4 is 11.8 Å². The maximum absolute atomic E-state index is 13.5. The lowest BCUT2D eigenvalue weighted by molar-refractivity contribution is -0.222. The minimum absolute atomic E-state index is 0.0196. The molecule has 0 bridgehead atoms. The normalized spacial score (nSPS) is 24.2. The minimum atomic E-state index is -2.33. The molecule has 1 aromatic carbocycles. The Labute approximate surface area is 191 Å². The van der Waals surface area contributed by atoms with Crippen LogP contribution in [-0.2, 0) is 16.0 Å². The Morgan fingerprint density at radius 3 is 2.34 bits per heavy atom. The SMILES string of the molecule is CC(C)(C)[C@H]1CC[C@@H](C(=O)N2CCC[C@H]2C(O)(O)CO)N1C(=O)CCCc1ccccc1. The number of nitrogens with zero attached hydrogens (tertiary/aromatic N) is 2. The van der Waals surface area contributed by atoms with Gasteiger partial charge in [-0.15, -0.1) is 0 Å². The molecule has 3 atom stereocenters. The first-order valence-corrected chi connectivity index (χ1v) is 11.8. The van der Waals surface area contributed by atoms with Crippen LogP contribution in [0.25, 0.3) is 0 Å². The zero-order chi connectivity index (χ0) is 23.5. The molecule has 2 aliphatic heterocycles. The van der Waals surface area contributed by atoms with Gasteiger partial charge in [0.25, 0.3) is 0 Å². The molecular formula is C25H38N2O5. The molecule has 3 rings (SSSR count). The fraction of sp³-hybridized carbons (Fsp3) is 0.680. The molecule has 0 aliphatic carbocycles. The van der Waals surface area contributed by atoms with Gasteiger partial charge in [-0.2, -0.15) is 0 Å². The molecule has 0 unspecified atom stereocenters. The number of benzene rings is 1. The highest BCUT2D eigenvalue weighted by molar-refractivity contribution is 5.89. The zero-order valence-corrected chi connectivity index (χ0v) is 19.5. The van der Waals surface area contributed by atoms with E-state index in [0.29, 0.717) is 38.6 Å². The summed E-state index contributed by atoms with van der Waals surface area (Å²) in [7, 11) is 0. The summed E-state index contributed by atoms with van der Waals surface area (Å²) in [4.78, 5) is 30.1. The van der Waals surface area contributed by atoms with Crippen molar-refractivity contribution in [2.75, 3.05) is 13.2 Å². The number of likely N-dealkylation sites (tertiary alicyclic amines) is 2. The number of carbonyl (C=O) groups excluding carboxylic acids is 2. The molecule has 2 aliphatic rings. The Morgan fingerprint density at radius 1 is 1.03 bits per heavy atom. The highest BCUT2D eigenvalue weighted by Crippen LogP contribution is 2.38. The summed E-state index contributed by atoms with van der Waals surface area (Å²) < 4.78 is 0. The highest BCUT2D eigenvalue weighted by Gasteiger charge is 2.50. The number of aliphatic hydroxyl groups excluding tert-OH is 1. The molecule has 7 nitrogen and oxygen atoms in total. The fourth-order valence-electron chi connectivity index (χ4n) is 5.28. The van der Waals surface area contributed by atoms with Crippen LogP contribution < -0.4 is 0 Å². The smallest absolute Gasteiger partial charge is 0.245 e. The first kappa shape index (κ1) is 24.7. The van der Waals surface area contributed by atoms with Gasteiger partial charge in [-0.1, -0.05) is 51.1 Å². The van der Waals surface area contributed by atoms with E-state index >= 15 is 0 Å². The van der Waals surface area contributed by atoms with Crippen LogP contribution in [0.1, 0.15) is 64.9 Å². The largest absolute Gasteiger partial charge is 0.391 e. The molecule has 178 valence electrons. The lowest BCUT2D eigenvalue weighted by Crippen LogP contribution is -2.58. The number of rotatable bonds is 7. The van der Waals surface area contributed by atoms with Gasteiger partial charge in [0.15, 0.2) is 0 Å². The van der Waals surface area contributed by atoms with Crippen molar-refractivity contribution in [1.82, 2.24) is 9.80 Å². The van der Waals surface area contributed by atoms with E-state index in [9.17, 15) is 24.9 Å². The molecule has 0 aromatic heterocycles. The van der Waals surface area contributed by atoms with Crippen LogP contribution in [0.5, 0.6) is 0 Å². The molecule has 2 heterocycles. The number of carbonyl (C=O) groups is 2. The third-order valence-electron chi connectivity index (χ3n) is 6.96. The molecule has 0 radical (unpaired) electrons. The summed E-state index contributed by atoms with van der Waals surface area (Å²) in [6.07, 6.45) is 4.25. The van der Waals surface area contributed by atoms with Crippen LogP contribution in [0.2, 0.25) is 0 Å². The Morgan fingerprint density at radius 2 is 1.72 bits per heavy atom. The predicted octanol–water partition coefficient (Wildman–Crippen LogP) is 2.08. The van der Waals surface area contributed by atoms with Crippen molar-refractivity contribution in [3.8, 4) is 0 Å². The van der Waals surface area contributed by atoms with Crippen molar-refractivity contribution in [1.29, 1.82) is 0 Å². The average molecular weight is 447 g/mol. The van der Waals surface area contributed by atoms with Crippen molar-refractivity contribution in [2.45, 2.75) is 89.6 Å².